The zero-order valence-electron chi connectivity index (χ0n) is 16.9. The SMILES string of the molecule is COc1ccc(S(=O)(=O)N2CCC(C(=O)Nc3ccc(C(N)=O)c(C)c3)CC2)cc1. The number of amides is 2. The summed E-state index contributed by atoms with van der Waals surface area (Å²) < 4.78 is 32.1. The van der Waals surface area contributed by atoms with E-state index >= 15 is 0 Å². The lowest BCUT2D eigenvalue weighted by Gasteiger charge is -2.30. The highest BCUT2D eigenvalue weighted by atomic mass is 32.2. The lowest BCUT2D eigenvalue weighted by Crippen LogP contribution is -2.41. The van der Waals surface area contributed by atoms with E-state index in [0.717, 1.165) is 0 Å². The monoisotopic (exact) mass is 431 g/mol. The number of sulfonamides is 1. The lowest BCUT2D eigenvalue weighted by molar-refractivity contribution is -0.120. The molecule has 2 amide bonds. The molecule has 1 saturated heterocycles. The summed E-state index contributed by atoms with van der Waals surface area (Å²) >= 11 is 0. The van der Waals surface area contributed by atoms with Gasteiger partial charge in [0, 0.05) is 30.3 Å². The first-order chi connectivity index (χ1) is 14.2. The Morgan fingerprint density at radius 1 is 1.10 bits per heavy atom. The highest BCUT2D eigenvalue weighted by Gasteiger charge is 2.32. The molecule has 0 spiro atoms. The van der Waals surface area contributed by atoms with E-state index in [0.29, 0.717) is 35.4 Å². The number of aryl methyl sites for hydroxylation is 1. The Kier molecular flexibility index (Phi) is 6.42. The number of nitrogens with one attached hydrogen (secondary N) is 1. The van der Waals surface area contributed by atoms with Gasteiger partial charge < -0.3 is 15.8 Å². The van der Waals surface area contributed by atoms with Gasteiger partial charge in [0.25, 0.3) is 0 Å². The fourth-order valence-corrected chi connectivity index (χ4v) is 4.99. The maximum absolute atomic E-state index is 12.8. The number of benzene rings is 2. The second kappa shape index (κ2) is 8.85. The van der Waals surface area contributed by atoms with Crippen LogP contribution in [0, 0.1) is 12.8 Å². The molecule has 1 heterocycles. The zero-order valence-corrected chi connectivity index (χ0v) is 17.7. The predicted octanol–water partition coefficient (Wildman–Crippen LogP) is 2.14. The van der Waals surface area contributed by atoms with Crippen LogP contribution in [0.1, 0.15) is 28.8 Å². The lowest BCUT2D eigenvalue weighted by atomic mass is 9.97. The molecule has 0 saturated carbocycles. The van der Waals surface area contributed by atoms with Gasteiger partial charge in [-0.15, -0.1) is 0 Å². The highest BCUT2D eigenvalue weighted by molar-refractivity contribution is 7.89. The van der Waals surface area contributed by atoms with Gasteiger partial charge >= 0.3 is 0 Å². The number of anilines is 1. The topological polar surface area (TPSA) is 119 Å². The minimum Gasteiger partial charge on any atom is -0.497 e. The number of piperidine rings is 1. The van der Waals surface area contributed by atoms with Crippen molar-refractivity contribution in [3.05, 3.63) is 53.6 Å². The third-order valence-corrected chi connectivity index (χ3v) is 7.19. The van der Waals surface area contributed by atoms with Crippen molar-refractivity contribution in [1.82, 2.24) is 4.31 Å². The van der Waals surface area contributed by atoms with Gasteiger partial charge in [0.05, 0.1) is 12.0 Å². The molecule has 0 radical (unpaired) electrons. The normalized spacial score (nSPS) is 15.5. The third-order valence-electron chi connectivity index (χ3n) is 5.28. The van der Waals surface area contributed by atoms with Crippen molar-refractivity contribution in [3.8, 4) is 5.75 Å². The molecule has 160 valence electrons. The van der Waals surface area contributed by atoms with E-state index in [2.05, 4.69) is 5.32 Å². The summed E-state index contributed by atoms with van der Waals surface area (Å²) in [7, 11) is -2.09. The van der Waals surface area contributed by atoms with E-state index in [4.69, 9.17) is 10.5 Å². The largest absolute Gasteiger partial charge is 0.497 e. The van der Waals surface area contributed by atoms with Gasteiger partial charge in [-0.1, -0.05) is 0 Å². The fraction of sp³-hybridized carbons (Fsp3) is 0.333. The maximum Gasteiger partial charge on any atom is 0.248 e. The van der Waals surface area contributed by atoms with Crippen LogP contribution < -0.4 is 15.8 Å². The minimum atomic E-state index is -3.61. The smallest absolute Gasteiger partial charge is 0.248 e. The van der Waals surface area contributed by atoms with E-state index in [1.54, 1.807) is 37.3 Å². The second-order valence-electron chi connectivity index (χ2n) is 7.24. The summed E-state index contributed by atoms with van der Waals surface area (Å²) in [5.74, 6) is -0.384. The molecule has 2 aromatic carbocycles. The van der Waals surface area contributed by atoms with Crippen molar-refractivity contribution in [1.29, 1.82) is 0 Å². The molecule has 0 aromatic heterocycles. The van der Waals surface area contributed by atoms with Crippen LogP contribution >= 0.6 is 0 Å². The van der Waals surface area contributed by atoms with Crippen molar-refractivity contribution in [2.24, 2.45) is 11.7 Å². The molecule has 0 aliphatic carbocycles. The van der Waals surface area contributed by atoms with Gasteiger partial charge in [0.2, 0.25) is 21.8 Å². The van der Waals surface area contributed by atoms with Gasteiger partial charge in [-0.25, -0.2) is 8.42 Å². The van der Waals surface area contributed by atoms with Crippen LogP contribution in [0.3, 0.4) is 0 Å². The van der Waals surface area contributed by atoms with Crippen LogP contribution in [0.15, 0.2) is 47.4 Å². The minimum absolute atomic E-state index is 0.164. The molecule has 0 bridgehead atoms. The van der Waals surface area contributed by atoms with E-state index in [1.165, 1.54) is 23.5 Å². The number of hydrogen-bond donors (Lipinski definition) is 2. The predicted molar refractivity (Wildman–Crippen MR) is 113 cm³/mol. The molecular formula is C21H25N3O5S. The van der Waals surface area contributed by atoms with Crippen LogP contribution in [0.25, 0.3) is 0 Å². The van der Waals surface area contributed by atoms with Crippen molar-refractivity contribution in [2.75, 3.05) is 25.5 Å². The first-order valence-electron chi connectivity index (χ1n) is 9.58. The Morgan fingerprint density at radius 3 is 2.27 bits per heavy atom. The quantitative estimate of drug-likeness (QED) is 0.726. The molecule has 9 heteroatoms. The first kappa shape index (κ1) is 21.8. The van der Waals surface area contributed by atoms with E-state index in [9.17, 15) is 18.0 Å². The number of hydrogen-bond acceptors (Lipinski definition) is 5. The summed E-state index contributed by atoms with van der Waals surface area (Å²) in [6, 6.07) is 11.2. The first-order valence-corrected chi connectivity index (χ1v) is 11.0. The number of nitrogens with zero attached hydrogens (tertiary/aromatic N) is 1. The second-order valence-corrected chi connectivity index (χ2v) is 9.18. The molecule has 0 atom stereocenters. The zero-order chi connectivity index (χ0) is 21.9. The molecule has 3 rings (SSSR count). The fourth-order valence-electron chi connectivity index (χ4n) is 3.52. The van der Waals surface area contributed by atoms with E-state index in [-0.39, 0.29) is 29.8 Å². The summed E-state index contributed by atoms with van der Waals surface area (Å²) in [6.45, 7) is 2.29. The molecule has 8 nitrogen and oxygen atoms in total. The number of carbonyl (C=O) groups excluding carboxylic acids is 2. The molecule has 30 heavy (non-hydrogen) atoms. The van der Waals surface area contributed by atoms with Crippen molar-refractivity contribution >= 4 is 27.5 Å². The summed E-state index contributed by atoms with van der Waals surface area (Å²) in [5.41, 5.74) is 6.97. The average Bonchev–Trinajstić information content (AvgIpc) is 2.73. The van der Waals surface area contributed by atoms with Gasteiger partial charge in [0.15, 0.2) is 0 Å². The molecule has 1 aliphatic rings. The summed E-state index contributed by atoms with van der Waals surface area (Å²) in [4.78, 5) is 24.1. The standard InChI is InChI=1S/C21H25N3O5S/c1-14-13-16(3-8-19(14)20(22)25)23-21(26)15-9-11-24(12-10-15)30(27,28)18-6-4-17(29-2)5-7-18/h3-8,13,15H,9-12H2,1-2H3,(H2,22,25)(H,23,26). The van der Waals surface area contributed by atoms with Crippen LogP contribution in [-0.4, -0.2) is 44.7 Å². The van der Waals surface area contributed by atoms with Gasteiger partial charge in [-0.3, -0.25) is 9.59 Å². The number of nitrogens with two attached hydrogens (primary N) is 1. The Hall–Kier alpha value is -2.91. The summed E-state index contributed by atoms with van der Waals surface area (Å²) in [5, 5.41) is 2.84. The van der Waals surface area contributed by atoms with Crippen LogP contribution in [0.2, 0.25) is 0 Å². The molecule has 3 N–H and O–H groups in total. The molecule has 1 aliphatic heterocycles. The number of rotatable bonds is 6. The van der Waals surface area contributed by atoms with E-state index < -0.39 is 15.9 Å². The third kappa shape index (κ3) is 4.63. The molecule has 1 fully saturated rings. The number of carbonyl (C=O) groups is 2. The Labute approximate surface area is 176 Å². The Balaban J connectivity index is 1.61. The number of methoxy groups -OCH3 is 1. The Bertz CT molecular complexity index is 1040. The van der Waals surface area contributed by atoms with Crippen LogP contribution in [0.4, 0.5) is 5.69 Å². The summed E-state index contributed by atoms with van der Waals surface area (Å²) in [6.07, 6.45) is 0.860. The van der Waals surface area contributed by atoms with Crippen molar-refractivity contribution < 1.29 is 22.7 Å². The van der Waals surface area contributed by atoms with Gasteiger partial charge in [-0.05, 0) is 67.8 Å². The van der Waals surface area contributed by atoms with Gasteiger partial charge in [-0.2, -0.15) is 4.31 Å². The van der Waals surface area contributed by atoms with E-state index in [1.807, 2.05) is 0 Å². The molecule has 0 unspecified atom stereocenters. The van der Waals surface area contributed by atoms with Gasteiger partial charge in [0.1, 0.15) is 5.75 Å². The van der Waals surface area contributed by atoms with Crippen LogP contribution in [0.5, 0.6) is 5.75 Å². The number of primary amides is 1. The van der Waals surface area contributed by atoms with Crippen LogP contribution in [-0.2, 0) is 14.8 Å². The molecule has 2 aromatic rings. The maximum atomic E-state index is 12.8. The Morgan fingerprint density at radius 2 is 1.73 bits per heavy atom. The van der Waals surface area contributed by atoms with Crippen molar-refractivity contribution in [3.63, 3.8) is 0 Å². The highest BCUT2D eigenvalue weighted by Crippen LogP contribution is 2.26. The van der Waals surface area contributed by atoms with Crippen molar-refractivity contribution in [2.45, 2.75) is 24.7 Å². The average molecular weight is 432 g/mol. The molecular weight excluding hydrogens is 406 g/mol. The number of ether oxygens (including phenoxy) is 1.